The van der Waals surface area contributed by atoms with Gasteiger partial charge in [-0.3, -0.25) is 14.3 Å². The van der Waals surface area contributed by atoms with Crippen molar-refractivity contribution in [3.8, 4) is 0 Å². The number of aromatic nitrogens is 2. The van der Waals surface area contributed by atoms with Gasteiger partial charge in [-0.05, 0) is 0 Å². The summed E-state index contributed by atoms with van der Waals surface area (Å²) < 4.78 is 31.9. The van der Waals surface area contributed by atoms with E-state index in [0.717, 1.165) is 0 Å². The number of aliphatic hydroxyl groups excluding tert-OH is 2. The van der Waals surface area contributed by atoms with Crippen molar-refractivity contribution in [2.75, 3.05) is 6.61 Å². The van der Waals surface area contributed by atoms with E-state index in [1.54, 1.807) is 4.98 Å². The van der Waals surface area contributed by atoms with Crippen LogP contribution in [0.2, 0.25) is 0 Å². The van der Waals surface area contributed by atoms with E-state index in [0.29, 0.717) is 10.8 Å². The zero-order chi connectivity index (χ0) is 13.4. The number of alkyl halides is 1. The molecule has 1 aliphatic rings. The second-order valence-electron chi connectivity index (χ2n) is 3.83. The maximum Gasteiger partial charge on any atom is 0.330 e. The van der Waals surface area contributed by atoms with Crippen molar-refractivity contribution in [2.24, 2.45) is 0 Å². The van der Waals surface area contributed by atoms with Gasteiger partial charge in [-0.1, -0.05) is 0 Å². The molecule has 3 N–H and O–H groups in total. The van der Waals surface area contributed by atoms with Gasteiger partial charge in [0.1, 0.15) is 12.2 Å². The molecular weight excluding hydrogens is 254 g/mol. The minimum Gasteiger partial charge on any atom is -0.394 e. The molecule has 100 valence electrons. The van der Waals surface area contributed by atoms with Gasteiger partial charge in [-0.2, -0.15) is 4.39 Å². The number of hydrogen-bond donors (Lipinski definition) is 3. The van der Waals surface area contributed by atoms with Crippen LogP contribution in [-0.2, 0) is 4.74 Å². The van der Waals surface area contributed by atoms with Crippen LogP contribution in [0.3, 0.4) is 0 Å². The molecule has 18 heavy (non-hydrogen) atoms. The largest absolute Gasteiger partial charge is 0.394 e. The van der Waals surface area contributed by atoms with Gasteiger partial charge in [-0.25, -0.2) is 9.18 Å². The van der Waals surface area contributed by atoms with Crippen molar-refractivity contribution in [1.29, 1.82) is 0 Å². The van der Waals surface area contributed by atoms with E-state index in [9.17, 15) is 23.5 Å². The van der Waals surface area contributed by atoms with Crippen LogP contribution < -0.4 is 11.2 Å². The standard InChI is InChI=1S/C9H10F2N2O5/c10-3-1-13(9(17)12-7(3)16)8-6(15)5(11)4(2-14)18-8/h1,4-6,8,14-15H,2H2,(H,12,16,17)/t4-,5-,6-,8-/m1/s1. The van der Waals surface area contributed by atoms with Gasteiger partial charge < -0.3 is 14.9 Å². The molecule has 1 saturated heterocycles. The van der Waals surface area contributed by atoms with Crippen molar-refractivity contribution in [3.05, 3.63) is 32.9 Å². The predicted octanol–water partition coefficient (Wildman–Crippen LogP) is -1.74. The molecule has 1 aromatic heterocycles. The third-order valence-electron chi connectivity index (χ3n) is 2.67. The highest BCUT2D eigenvalue weighted by Crippen LogP contribution is 2.30. The summed E-state index contributed by atoms with van der Waals surface area (Å²) in [5.41, 5.74) is -2.27. The minimum absolute atomic E-state index is 0.515. The topological polar surface area (TPSA) is 105 Å². The first kappa shape index (κ1) is 12.9. The number of nitrogens with zero attached hydrogens (tertiary/aromatic N) is 1. The van der Waals surface area contributed by atoms with Gasteiger partial charge in [-0.15, -0.1) is 0 Å². The molecule has 0 spiro atoms. The first-order valence-electron chi connectivity index (χ1n) is 5.05. The highest BCUT2D eigenvalue weighted by Gasteiger charge is 2.45. The molecule has 0 aromatic carbocycles. The van der Waals surface area contributed by atoms with Crippen molar-refractivity contribution in [1.82, 2.24) is 9.55 Å². The molecular formula is C9H10F2N2O5. The van der Waals surface area contributed by atoms with Crippen molar-refractivity contribution >= 4 is 0 Å². The lowest BCUT2D eigenvalue weighted by Gasteiger charge is -2.16. The second kappa shape index (κ2) is 4.59. The number of halogens is 2. The smallest absolute Gasteiger partial charge is 0.330 e. The van der Waals surface area contributed by atoms with Crippen LogP contribution in [0, 0.1) is 5.82 Å². The van der Waals surface area contributed by atoms with Crippen molar-refractivity contribution in [3.63, 3.8) is 0 Å². The van der Waals surface area contributed by atoms with Crippen molar-refractivity contribution in [2.45, 2.75) is 24.6 Å². The van der Waals surface area contributed by atoms with Crippen LogP contribution in [-0.4, -0.2) is 44.8 Å². The summed E-state index contributed by atoms with van der Waals surface area (Å²) in [6, 6.07) is 0. The fourth-order valence-electron chi connectivity index (χ4n) is 1.74. The molecule has 0 radical (unpaired) electrons. The lowest BCUT2D eigenvalue weighted by Crippen LogP contribution is -2.37. The van der Waals surface area contributed by atoms with E-state index in [2.05, 4.69) is 0 Å². The normalized spacial score (nSPS) is 31.8. The average molecular weight is 264 g/mol. The van der Waals surface area contributed by atoms with E-state index >= 15 is 0 Å². The summed E-state index contributed by atoms with van der Waals surface area (Å²) in [5, 5.41) is 18.3. The first-order chi connectivity index (χ1) is 8.45. The molecule has 2 heterocycles. The SMILES string of the molecule is O=c1[nH]c(=O)n([C@@H]2O[C@H](CO)[C@@H](F)[C@H]2O)cc1F. The van der Waals surface area contributed by atoms with E-state index in [4.69, 9.17) is 9.84 Å². The Morgan fingerprint density at radius 3 is 2.72 bits per heavy atom. The molecule has 0 amide bonds. The number of aliphatic hydroxyl groups is 2. The summed E-state index contributed by atoms with van der Waals surface area (Å²) in [6.45, 7) is -0.699. The first-order valence-corrected chi connectivity index (χ1v) is 5.05. The molecule has 2 rings (SSSR count). The fraction of sp³-hybridized carbons (Fsp3) is 0.556. The molecule has 9 heteroatoms. The second-order valence-corrected chi connectivity index (χ2v) is 3.83. The zero-order valence-corrected chi connectivity index (χ0v) is 8.92. The van der Waals surface area contributed by atoms with Crippen molar-refractivity contribution < 1.29 is 23.7 Å². The molecule has 7 nitrogen and oxygen atoms in total. The number of aromatic amines is 1. The Morgan fingerprint density at radius 1 is 1.50 bits per heavy atom. The van der Waals surface area contributed by atoms with Gasteiger partial charge in [0.05, 0.1) is 12.8 Å². The van der Waals surface area contributed by atoms with E-state index in [1.165, 1.54) is 0 Å². The molecule has 0 bridgehead atoms. The Labute approximate surface area is 98.3 Å². The van der Waals surface area contributed by atoms with Crippen LogP contribution in [0.5, 0.6) is 0 Å². The fourth-order valence-corrected chi connectivity index (χ4v) is 1.74. The van der Waals surface area contributed by atoms with Crippen LogP contribution in [0.1, 0.15) is 6.23 Å². The Balaban J connectivity index is 2.42. The summed E-state index contributed by atoms with van der Waals surface area (Å²) in [5.74, 6) is -1.27. The van der Waals surface area contributed by atoms with Crippen LogP contribution in [0.15, 0.2) is 15.8 Å². The Bertz CT molecular complexity index is 557. The number of nitrogens with one attached hydrogen (secondary N) is 1. The molecule has 1 aliphatic heterocycles. The quantitative estimate of drug-likeness (QED) is 0.588. The highest BCUT2D eigenvalue weighted by molar-refractivity contribution is 4.94. The maximum atomic E-state index is 13.4. The van der Waals surface area contributed by atoms with Gasteiger partial charge in [0.25, 0.3) is 5.56 Å². The van der Waals surface area contributed by atoms with Crippen LogP contribution in [0.25, 0.3) is 0 Å². The Hall–Kier alpha value is -1.58. The Kier molecular flexibility index (Phi) is 3.28. The molecule has 0 saturated carbocycles. The van der Waals surface area contributed by atoms with Gasteiger partial charge in [0, 0.05) is 0 Å². The summed E-state index contributed by atoms with van der Waals surface area (Å²) in [6.07, 6.45) is -5.96. The average Bonchev–Trinajstić information content (AvgIpc) is 2.61. The van der Waals surface area contributed by atoms with E-state index < -0.39 is 48.3 Å². The third-order valence-corrected chi connectivity index (χ3v) is 2.67. The van der Waals surface area contributed by atoms with Gasteiger partial charge in [0.2, 0.25) is 5.82 Å². The third kappa shape index (κ3) is 1.96. The summed E-state index contributed by atoms with van der Waals surface area (Å²) in [4.78, 5) is 23.9. The van der Waals surface area contributed by atoms with E-state index in [-0.39, 0.29) is 0 Å². The molecule has 0 aliphatic carbocycles. The lowest BCUT2D eigenvalue weighted by molar-refractivity contribution is -0.0542. The molecule has 0 unspecified atom stereocenters. The Morgan fingerprint density at radius 2 is 2.17 bits per heavy atom. The molecule has 4 atom stereocenters. The highest BCUT2D eigenvalue weighted by atomic mass is 19.1. The maximum absolute atomic E-state index is 13.4. The monoisotopic (exact) mass is 264 g/mol. The number of rotatable bonds is 2. The van der Waals surface area contributed by atoms with Crippen LogP contribution in [0.4, 0.5) is 8.78 Å². The lowest BCUT2D eigenvalue weighted by atomic mass is 10.1. The summed E-state index contributed by atoms with van der Waals surface area (Å²) >= 11 is 0. The summed E-state index contributed by atoms with van der Waals surface area (Å²) in [7, 11) is 0. The predicted molar refractivity (Wildman–Crippen MR) is 53.2 cm³/mol. The van der Waals surface area contributed by atoms with Gasteiger partial charge in [0.15, 0.2) is 12.4 Å². The van der Waals surface area contributed by atoms with Crippen LogP contribution >= 0.6 is 0 Å². The zero-order valence-electron chi connectivity index (χ0n) is 8.92. The minimum atomic E-state index is -1.91. The molecule has 1 fully saturated rings. The molecule has 1 aromatic rings. The number of H-pyrrole nitrogens is 1. The number of ether oxygens (including phenoxy) is 1. The number of hydrogen-bond acceptors (Lipinski definition) is 5. The van der Waals surface area contributed by atoms with E-state index in [1.807, 2.05) is 0 Å². The van der Waals surface area contributed by atoms with Gasteiger partial charge >= 0.3 is 5.69 Å².